The van der Waals surface area contributed by atoms with Crippen LogP contribution in [-0.4, -0.2) is 42.3 Å². The van der Waals surface area contributed by atoms with Crippen LogP contribution in [0.5, 0.6) is 0 Å². The summed E-state index contributed by atoms with van der Waals surface area (Å²) in [5, 5.41) is 7.51. The van der Waals surface area contributed by atoms with Crippen molar-refractivity contribution in [2.24, 2.45) is 0 Å². The zero-order valence-electron chi connectivity index (χ0n) is 12.1. The van der Waals surface area contributed by atoms with Gasteiger partial charge in [-0.3, -0.25) is 5.10 Å². The molecule has 0 unspecified atom stereocenters. The van der Waals surface area contributed by atoms with Crippen LogP contribution in [0.15, 0.2) is 18.3 Å². The number of hydrogen-bond acceptors (Lipinski definition) is 3. The lowest BCUT2D eigenvalue weighted by molar-refractivity contribution is 0.151. The van der Waals surface area contributed by atoms with Gasteiger partial charge in [0.25, 0.3) is 6.43 Å². The van der Waals surface area contributed by atoms with Crippen molar-refractivity contribution in [3.63, 3.8) is 0 Å². The van der Waals surface area contributed by atoms with Crippen molar-refractivity contribution in [1.82, 2.24) is 14.5 Å². The molecule has 0 saturated carbocycles. The first-order valence-corrected chi connectivity index (χ1v) is 8.91. The molecule has 1 aromatic carbocycles. The zero-order valence-corrected chi connectivity index (χ0v) is 12.9. The summed E-state index contributed by atoms with van der Waals surface area (Å²) in [6.45, 7) is 0.837. The lowest BCUT2D eigenvalue weighted by atomic mass is 9.87. The molecule has 120 valence electrons. The fourth-order valence-electron chi connectivity index (χ4n) is 3.06. The van der Waals surface area contributed by atoms with E-state index in [1.54, 1.807) is 6.20 Å². The van der Waals surface area contributed by atoms with Crippen LogP contribution in [-0.2, 0) is 10.0 Å². The minimum absolute atomic E-state index is 0.0303. The van der Waals surface area contributed by atoms with E-state index in [4.69, 9.17) is 0 Å². The molecule has 0 aliphatic carbocycles. The van der Waals surface area contributed by atoms with Crippen LogP contribution >= 0.6 is 0 Å². The molecule has 0 amide bonds. The summed E-state index contributed by atoms with van der Waals surface area (Å²) < 4.78 is 50.6. The fourth-order valence-corrected chi connectivity index (χ4v) is 3.94. The topological polar surface area (TPSA) is 66.1 Å². The van der Waals surface area contributed by atoms with Gasteiger partial charge in [0.15, 0.2) is 0 Å². The van der Waals surface area contributed by atoms with Crippen LogP contribution in [0.1, 0.15) is 36.3 Å². The lowest BCUT2D eigenvalue weighted by Gasteiger charge is -2.30. The first kappa shape index (κ1) is 15.4. The van der Waals surface area contributed by atoms with E-state index in [1.165, 1.54) is 22.7 Å². The smallest absolute Gasteiger partial charge is 0.263 e. The highest BCUT2D eigenvalue weighted by Crippen LogP contribution is 2.35. The fraction of sp³-hybridized carbons (Fsp3) is 0.500. The number of alkyl halides is 2. The van der Waals surface area contributed by atoms with Gasteiger partial charge in [0.05, 0.1) is 18.0 Å². The van der Waals surface area contributed by atoms with Crippen LogP contribution in [0, 0.1) is 0 Å². The molecule has 1 aliphatic heterocycles. The molecule has 3 rings (SSSR count). The highest BCUT2D eigenvalue weighted by Gasteiger charge is 2.27. The minimum atomic E-state index is -3.19. The molecule has 2 heterocycles. The Morgan fingerprint density at radius 1 is 1.32 bits per heavy atom. The van der Waals surface area contributed by atoms with Gasteiger partial charge >= 0.3 is 0 Å². The van der Waals surface area contributed by atoms with E-state index in [-0.39, 0.29) is 11.5 Å². The number of H-pyrrole nitrogens is 1. The van der Waals surface area contributed by atoms with Crippen molar-refractivity contribution in [3.8, 4) is 0 Å². The molecule has 22 heavy (non-hydrogen) atoms. The summed E-state index contributed by atoms with van der Waals surface area (Å²) in [4.78, 5) is 0. The van der Waals surface area contributed by atoms with E-state index in [0.717, 1.165) is 10.9 Å². The monoisotopic (exact) mass is 329 g/mol. The second-order valence-electron chi connectivity index (χ2n) is 5.68. The van der Waals surface area contributed by atoms with Crippen molar-refractivity contribution < 1.29 is 17.2 Å². The number of aromatic nitrogens is 2. The summed E-state index contributed by atoms with van der Waals surface area (Å²) in [5.74, 6) is 0.0665. The van der Waals surface area contributed by atoms with Crippen LogP contribution in [0.4, 0.5) is 8.78 Å². The van der Waals surface area contributed by atoms with Crippen LogP contribution < -0.4 is 0 Å². The first-order valence-electron chi connectivity index (χ1n) is 7.06. The van der Waals surface area contributed by atoms with Gasteiger partial charge in [-0.1, -0.05) is 0 Å². The third-order valence-corrected chi connectivity index (χ3v) is 5.53. The molecule has 1 fully saturated rings. The van der Waals surface area contributed by atoms with E-state index >= 15 is 0 Å². The van der Waals surface area contributed by atoms with Gasteiger partial charge in [0, 0.05) is 24.0 Å². The number of rotatable bonds is 3. The highest BCUT2D eigenvalue weighted by molar-refractivity contribution is 7.88. The van der Waals surface area contributed by atoms with Gasteiger partial charge in [0.2, 0.25) is 10.0 Å². The number of nitrogens with zero attached hydrogens (tertiary/aromatic N) is 2. The van der Waals surface area contributed by atoms with Crippen LogP contribution in [0.25, 0.3) is 10.9 Å². The Labute approximate surface area is 127 Å². The third kappa shape index (κ3) is 2.85. The van der Waals surface area contributed by atoms with E-state index in [9.17, 15) is 17.2 Å². The van der Waals surface area contributed by atoms with Gasteiger partial charge in [0.1, 0.15) is 0 Å². The average Bonchev–Trinajstić information content (AvgIpc) is 2.93. The third-order valence-electron chi connectivity index (χ3n) is 4.23. The van der Waals surface area contributed by atoms with Crippen molar-refractivity contribution in [2.75, 3.05) is 19.3 Å². The molecule has 1 saturated heterocycles. The molecule has 1 aliphatic rings. The molecule has 0 spiro atoms. The van der Waals surface area contributed by atoms with Crippen molar-refractivity contribution in [1.29, 1.82) is 0 Å². The molecule has 0 atom stereocenters. The normalized spacial score (nSPS) is 18.4. The number of sulfonamides is 1. The largest absolute Gasteiger partial charge is 0.278 e. The average molecular weight is 329 g/mol. The van der Waals surface area contributed by atoms with E-state index in [1.807, 2.05) is 0 Å². The Bertz CT molecular complexity index is 780. The van der Waals surface area contributed by atoms with Crippen molar-refractivity contribution >= 4 is 20.9 Å². The number of aromatic amines is 1. The molecule has 1 aromatic heterocycles. The van der Waals surface area contributed by atoms with E-state index < -0.39 is 16.4 Å². The molecule has 0 bridgehead atoms. The number of fused-ring (bicyclic) bond motifs is 1. The molecule has 1 N–H and O–H groups in total. The summed E-state index contributed by atoms with van der Waals surface area (Å²) in [6, 6.07) is 2.95. The molecule has 2 aromatic rings. The Morgan fingerprint density at radius 2 is 2.00 bits per heavy atom. The summed E-state index contributed by atoms with van der Waals surface area (Å²) in [6.07, 6.45) is 1.55. The number of benzene rings is 1. The second-order valence-corrected chi connectivity index (χ2v) is 7.66. The van der Waals surface area contributed by atoms with Crippen molar-refractivity contribution in [2.45, 2.75) is 25.2 Å². The van der Waals surface area contributed by atoms with Crippen molar-refractivity contribution in [3.05, 3.63) is 29.5 Å². The number of hydrogen-bond donors (Lipinski definition) is 1. The van der Waals surface area contributed by atoms with E-state index in [2.05, 4.69) is 10.2 Å². The maximum absolute atomic E-state index is 13.0. The second kappa shape index (κ2) is 5.58. The number of nitrogens with one attached hydrogen (secondary N) is 1. The van der Waals surface area contributed by atoms with Crippen LogP contribution in [0.3, 0.4) is 0 Å². The maximum Gasteiger partial charge on any atom is 0.263 e. The molecular formula is C14H17F2N3O2S. The lowest BCUT2D eigenvalue weighted by Crippen LogP contribution is -2.37. The predicted molar refractivity (Wildman–Crippen MR) is 79.4 cm³/mol. The standard InChI is InChI=1S/C14H17F2N3O2S/c1-22(20,21)19-4-2-9(3-5-19)11-6-10(14(15)16)7-13-12(11)8-17-18-13/h6-9,14H,2-5H2,1H3,(H,17,18). The maximum atomic E-state index is 13.0. The highest BCUT2D eigenvalue weighted by atomic mass is 32.2. The number of piperidine rings is 1. The summed E-state index contributed by atoms with van der Waals surface area (Å²) >= 11 is 0. The minimum Gasteiger partial charge on any atom is -0.278 e. The van der Waals surface area contributed by atoms with Crippen LogP contribution in [0.2, 0.25) is 0 Å². The Kier molecular flexibility index (Phi) is 3.90. The number of halogens is 2. The zero-order chi connectivity index (χ0) is 15.9. The summed E-state index contributed by atoms with van der Waals surface area (Å²) in [5.41, 5.74) is 1.39. The van der Waals surface area contributed by atoms with E-state index in [0.29, 0.717) is 31.4 Å². The molecule has 0 radical (unpaired) electrons. The van der Waals surface area contributed by atoms with Gasteiger partial charge in [-0.15, -0.1) is 0 Å². The molecular weight excluding hydrogens is 312 g/mol. The Morgan fingerprint density at radius 3 is 2.59 bits per heavy atom. The van der Waals surface area contributed by atoms with Gasteiger partial charge < -0.3 is 0 Å². The van der Waals surface area contributed by atoms with Gasteiger partial charge in [-0.2, -0.15) is 5.10 Å². The molecule has 5 nitrogen and oxygen atoms in total. The van der Waals surface area contributed by atoms with Gasteiger partial charge in [-0.25, -0.2) is 21.5 Å². The summed E-state index contributed by atoms with van der Waals surface area (Å²) in [7, 11) is -3.19. The molecule has 8 heteroatoms. The SMILES string of the molecule is CS(=O)(=O)N1CCC(c2cc(C(F)F)cc3[nH]ncc23)CC1. The Hall–Kier alpha value is -1.54. The van der Waals surface area contributed by atoms with Gasteiger partial charge in [-0.05, 0) is 36.5 Å². The first-order chi connectivity index (χ1) is 10.4. The predicted octanol–water partition coefficient (Wildman–Crippen LogP) is 2.64. The quantitative estimate of drug-likeness (QED) is 0.941. The Balaban J connectivity index is 1.92.